The average molecular weight is 269 g/mol. The van der Waals surface area contributed by atoms with Gasteiger partial charge in [0.25, 0.3) is 5.56 Å². The van der Waals surface area contributed by atoms with Crippen LogP contribution in [0.15, 0.2) is 47.3 Å². The van der Waals surface area contributed by atoms with Crippen LogP contribution in [-0.4, -0.2) is 10.2 Å². The monoisotopic (exact) mass is 269 g/mol. The van der Waals surface area contributed by atoms with Crippen LogP contribution in [0.25, 0.3) is 21.9 Å². The molecule has 3 rings (SSSR count). The summed E-state index contributed by atoms with van der Waals surface area (Å²) in [4.78, 5) is 11.9. The third-order valence-electron chi connectivity index (χ3n) is 3.24. The third kappa shape index (κ3) is 2.08. The lowest BCUT2D eigenvalue weighted by Gasteiger charge is -2.06. The largest absolute Gasteiger partial charge is 0.325 e. The van der Waals surface area contributed by atoms with Crippen molar-refractivity contribution < 1.29 is 4.39 Å². The van der Waals surface area contributed by atoms with Crippen molar-refractivity contribution >= 4 is 10.8 Å². The Morgan fingerprint density at radius 2 is 1.75 bits per heavy atom. The predicted octanol–water partition coefficient (Wildman–Crippen LogP) is 2.19. The lowest BCUT2D eigenvalue weighted by atomic mass is 10.0. The van der Waals surface area contributed by atoms with Gasteiger partial charge in [0.2, 0.25) is 0 Å². The molecule has 100 valence electrons. The first-order valence-electron chi connectivity index (χ1n) is 6.16. The molecular formula is C15H12FN3O. The van der Waals surface area contributed by atoms with Crippen molar-refractivity contribution in [1.82, 2.24) is 10.2 Å². The number of H-pyrrole nitrogens is 1. The lowest BCUT2D eigenvalue weighted by Crippen LogP contribution is -2.13. The highest BCUT2D eigenvalue weighted by Gasteiger charge is 2.07. The molecule has 0 radical (unpaired) electrons. The molecule has 0 saturated carbocycles. The number of aromatic nitrogens is 2. The molecule has 1 aromatic heterocycles. The Balaban J connectivity index is 2.23. The Morgan fingerprint density at radius 1 is 1.05 bits per heavy atom. The van der Waals surface area contributed by atoms with Crippen molar-refractivity contribution in [3.8, 4) is 11.1 Å². The van der Waals surface area contributed by atoms with Gasteiger partial charge in [-0.25, -0.2) is 9.49 Å². The molecule has 0 saturated heterocycles. The fourth-order valence-electron chi connectivity index (χ4n) is 2.20. The highest BCUT2D eigenvalue weighted by Crippen LogP contribution is 2.23. The first-order valence-corrected chi connectivity index (χ1v) is 6.16. The molecule has 0 aliphatic rings. The molecule has 0 aliphatic heterocycles. The van der Waals surface area contributed by atoms with Crippen LogP contribution in [-0.2, 0) is 6.54 Å². The van der Waals surface area contributed by atoms with E-state index in [-0.39, 0.29) is 17.9 Å². The standard InChI is InChI=1S/C15H12FN3O/c16-11-4-1-9(2-5-11)10-3-6-12-13(7-10)15(20)19-18-14(12)8-17/h1-7H,8,17H2,(H,19,20). The lowest BCUT2D eigenvalue weighted by molar-refractivity contribution is 0.628. The van der Waals surface area contributed by atoms with Gasteiger partial charge in [-0.15, -0.1) is 0 Å². The molecule has 20 heavy (non-hydrogen) atoms. The maximum Gasteiger partial charge on any atom is 0.272 e. The molecule has 3 N–H and O–H groups in total. The second-order valence-corrected chi connectivity index (χ2v) is 4.47. The molecule has 0 amide bonds. The highest BCUT2D eigenvalue weighted by molar-refractivity contribution is 5.88. The van der Waals surface area contributed by atoms with Gasteiger partial charge in [0, 0.05) is 11.9 Å². The molecule has 0 spiro atoms. The third-order valence-corrected chi connectivity index (χ3v) is 3.24. The zero-order valence-corrected chi connectivity index (χ0v) is 10.6. The molecule has 4 nitrogen and oxygen atoms in total. The number of rotatable bonds is 2. The SMILES string of the molecule is NCc1n[nH]c(=O)c2cc(-c3ccc(F)cc3)ccc12. The number of benzene rings is 2. The fraction of sp³-hybridized carbons (Fsp3) is 0.0667. The van der Waals surface area contributed by atoms with Crippen molar-refractivity contribution in [3.05, 3.63) is 64.3 Å². The van der Waals surface area contributed by atoms with Crippen LogP contribution in [0.4, 0.5) is 4.39 Å². The van der Waals surface area contributed by atoms with Gasteiger partial charge >= 0.3 is 0 Å². The van der Waals surface area contributed by atoms with Crippen LogP contribution >= 0.6 is 0 Å². The maximum absolute atomic E-state index is 12.9. The van der Waals surface area contributed by atoms with Crippen LogP contribution in [0, 0.1) is 5.82 Å². The van der Waals surface area contributed by atoms with Crippen molar-refractivity contribution in [3.63, 3.8) is 0 Å². The molecule has 0 aliphatic carbocycles. The van der Waals surface area contributed by atoms with E-state index in [1.807, 2.05) is 12.1 Å². The summed E-state index contributed by atoms with van der Waals surface area (Å²) in [7, 11) is 0. The van der Waals surface area contributed by atoms with Gasteiger partial charge in [-0.05, 0) is 29.3 Å². The van der Waals surface area contributed by atoms with Crippen LogP contribution in [0.2, 0.25) is 0 Å². The second-order valence-electron chi connectivity index (χ2n) is 4.47. The number of nitrogens with one attached hydrogen (secondary N) is 1. The van der Waals surface area contributed by atoms with E-state index in [1.54, 1.807) is 18.2 Å². The molecule has 5 heteroatoms. The average Bonchev–Trinajstić information content (AvgIpc) is 2.48. The number of nitrogens with zero attached hydrogens (tertiary/aromatic N) is 1. The molecule has 0 bridgehead atoms. The van der Waals surface area contributed by atoms with Gasteiger partial charge in [0.15, 0.2) is 0 Å². The maximum atomic E-state index is 12.9. The van der Waals surface area contributed by atoms with E-state index in [4.69, 9.17) is 5.73 Å². The van der Waals surface area contributed by atoms with Crippen molar-refractivity contribution in [1.29, 1.82) is 0 Å². The van der Waals surface area contributed by atoms with E-state index < -0.39 is 0 Å². The van der Waals surface area contributed by atoms with E-state index >= 15 is 0 Å². The van der Waals surface area contributed by atoms with E-state index in [9.17, 15) is 9.18 Å². The quantitative estimate of drug-likeness (QED) is 0.749. The summed E-state index contributed by atoms with van der Waals surface area (Å²) in [6, 6.07) is 11.6. The predicted molar refractivity (Wildman–Crippen MR) is 75.6 cm³/mol. The van der Waals surface area contributed by atoms with Gasteiger partial charge in [0.1, 0.15) is 5.82 Å². The van der Waals surface area contributed by atoms with Crippen molar-refractivity contribution in [2.45, 2.75) is 6.54 Å². The molecule has 0 fully saturated rings. The van der Waals surface area contributed by atoms with Crippen LogP contribution < -0.4 is 11.3 Å². The molecule has 1 heterocycles. The molecule has 3 aromatic rings. The van der Waals surface area contributed by atoms with Gasteiger partial charge in [-0.3, -0.25) is 4.79 Å². The van der Waals surface area contributed by atoms with E-state index in [2.05, 4.69) is 10.2 Å². The first-order chi connectivity index (χ1) is 9.69. The number of hydrogen-bond acceptors (Lipinski definition) is 3. The second kappa shape index (κ2) is 4.86. The Morgan fingerprint density at radius 3 is 2.45 bits per heavy atom. The Hall–Kier alpha value is -2.53. The summed E-state index contributed by atoms with van der Waals surface area (Å²) in [6.45, 7) is 0.253. The summed E-state index contributed by atoms with van der Waals surface area (Å²) in [5, 5.41) is 7.63. The molecule has 0 unspecified atom stereocenters. The minimum absolute atomic E-state index is 0.253. The van der Waals surface area contributed by atoms with Crippen molar-refractivity contribution in [2.24, 2.45) is 5.73 Å². The molecule has 0 atom stereocenters. The summed E-state index contributed by atoms with van der Waals surface area (Å²) in [5.74, 6) is -0.290. The number of aromatic amines is 1. The Kier molecular flexibility index (Phi) is 3.04. The molecular weight excluding hydrogens is 257 g/mol. The summed E-state index contributed by atoms with van der Waals surface area (Å²) < 4.78 is 12.9. The normalized spacial score (nSPS) is 10.9. The molecule has 2 aromatic carbocycles. The van der Waals surface area contributed by atoms with Crippen LogP contribution in [0.3, 0.4) is 0 Å². The van der Waals surface area contributed by atoms with Gasteiger partial charge in [-0.1, -0.05) is 24.3 Å². The van der Waals surface area contributed by atoms with E-state index in [0.29, 0.717) is 11.1 Å². The van der Waals surface area contributed by atoms with Gasteiger partial charge < -0.3 is 5.73 Å². The van der Waals surface area contributed by atoms with Crippen LogP contribution in [0.5, 0.6) is 0 Å². The van der Waals surface area contributed by atoms with Gasteiger partial charge in [0.05, 0.1) is 11.1 Å². The number of hydrogen-bond donors (Lipinski definition) is 2. The number of halogens is 1. The summed E-state index contributed by atoms with van der Waals surface area (Å²) in [6.07, 6.45) is 0. The van der Waals surface area contributed by atoms with Crippen LogP contribution in [0.1, 0.15) is 5.69 Å². The zero-order valence-electron chi connectivity index (χ0n) is 10.6. The van der Waals surface area contributed by atoms with Crippen molar-refractivity contribution in [2.75, 3.05) is 0 Å². The highest BCUT2D eigenvalue weighted by atomic mass is 19.1. The van der Waals surface area contributed by atoms with Gasteiger partial charge in [-0.2, -0.15) is 5.10 Å². The number of fused-ring (bicyclic) bond motifs is 1. The Bertz CT molecular complexity index is 825. The zero-order chi connectivity index (χ0) is 14.1. The summed E-state index contributed by atoms with van der Waals surface area (Å²) in [5.41, 5.74) is 7.68. The fourth-order valence-corrected chi connectivity index (χ4v) is 2.20. The van der Waals surface area contributed by atoms with E-state index in [1.165, 1.54) is 12.1 Å². The van der Waals surface area contributed by atoms with E-state index in [0.717, 1.165) is 16.5 Å². The smallest absolute Gasteiger partial charge is 0.272 e. The summed E-state index contributed by atoms with van der Waals surface area (Å²) >= 11 is 0. The number of nitrogens with two attached hydrogens (primary N) is 1. The topological polar surface area (TPSA) is 71.8 Å². The minimum Gasteiger partial charge on any atom is -0.325 e. The Labute approximate surface area is 114 Å². The first kappa shape index (κ1) is 12.5. The minimum atomic E-state index is -0.290.